The summed E-state index contributed by atoms with van der Waals surface area (Å²) in [5, 5.41) is 12.9. The summed E-state index contributed by atoms with van der Waals surface area (Å²) >= 11 is 6.38. The highest BCUT2D eigenvalue weighted by atomic mass is 79.9. The lowest BCUT2D eigenvalue weighted by Gasteiger charge is -2.15. The molecule has 0 atom stereocenters. The van der Waals surface area contributed by atoms with Gasteiger partial charge in [-0.15, -0.1) is 0 Å². The largest absolute Gasteiger partial charge is 0.465 e. The van der Waals surface area contributed by atoms with Crippen molar-refractivity contribution in [2.75, 3.05) is 42.7 Å². The normalized spacial score (nSPS) is 11.3. The Bertz CT molecular complexity index is 7370. The maximum atomic E-state index is 12.6. The van der Waals surface area contributed by atoms with Gasteiger partial charge in [0.2, 0.25) is 0 Å². The van der Waals surface area contributed by atoms with Gasteiger partial charge in [0.1, 0.15) is 0 Å². The predicted molar refractivity (Wildman–Crippen MR) is 530 cm³/mol. The first-order chi connectivity index (χ1) is 64.2. The first-order valence-corrected chi connectivity index (χ1v) is 43.6. The molecule has 0 saturated heterocycles. The summed E-state index contributed by atoms with van der Waals surface area (Å²) in [6.45, 7) is 0. The van der Waals surface area contributed by atoms with E-state index >= 15 is 0 Å². The quantitative estimate of drug-likeness (QED) is 0.0916. The van der Waals surface area contributed by atoms with Crippen molar-refractivity contribution in [1.82, 2.24) is 0 Å². The monoisotopic (exact) mass is 1860 g/mol. The molecule has 2 aliphatic carbocycles. The molecule has 0 aliphatic heterocycles. The summed E-state index contributed by atoms with van der Waals surface area (Å²) in [5.74, 6) is -2.81. The molecule has 0 N–H and O–H groups in total. The van der Waals surface area contributed by atoms with E-state index in [-0.39, 0.29) is 21.7 Å². The molecular formula is C114H78Br2O16. The fourth-order valence-electron chi connectivity index (χ4n) is 17.7. The molecule has 0 saturated carbocycles. The van der Waals surface area contributed by atoms with Crippen LogP contribution in [0, 0.1) is 0 Å². The van der Waals surface area contributed by atoms with E-state index in [0.29, 0.717) is 86.1 Å². The standard InChI is InChI=1S/2C22H18O4.2C20H10O2.C20H14.C10H8Br2O4/c2*1-25-21(23)19-13-18(16-11-7-4-8-12-16)20(22(24)26-2)14-17(19)15-9-5-3-6-10-15;2*21-19-13-7-3-1-5-11(13)15-9-18-16(10-17(15)19)12-6-2-4-8-14(12)20(18)22;1-3-7-17-13(5-1)9-15-11-20-16(12-19(15)17)10-14-6-2-4-8-18(14)20;1-15-9(13)5-3-8(12)6(4-7(5)11)10(14)16-2/h2*3-14H,1-2H3;2*1-10H;1-8,11-12H,9-10H2;3-4H,1-2H3. The number of rotatable bonds is 10. The zero-order valence-electron chi connectivity index (χ0n) is 72.0. The Balaban J connectivity index is 0.000000111. The van der Waals surface area contributed by atoms with Crippen LogP contribution < -0.4 is 21.7 Å². The molecule has 0 fully saturated rings. The molecule has 0 bridgehead atoms. The number of hydrogen-bond acceptors (Lipinski definition) is 16. The summed E-state index contributed by atoms with van der Waals surface area (Å²) in [4.78, 5) is 123. The second-order valence-corrected chi connectivity index (χ2v) is 33.0. The van der Waals surface area contributed by atoms with Crippen LogP contribution in [-0.4, -0.2) is 78.5 Å². The Kier molecular flexibility index (Phi) is 25.4. The molecule has 0 heterocycles. The predicted octanol–water partition coefficient (Wildman–Crippen LogP) is 24.6. The molecule has 22 rings (SSSR count). The number of carbonyl (C=O) groups excluding carboxylic acids is 6. The minimum atomic E-state index is -0.482. The Hall–Kier alpha value is -16.0. The van der Waals surface area contributed by atoms with Gasteiger partial charge >= 0.3 is 35.8 Å². The van der Waals surface area contributed by atoms with E-state index in [0.717, 1.165) is 99.7 Å². The molecule has 20 aromatic carbocycles. The molecule has 0 unspecified atom stereocenters. The van der Waals surface area contributed by atoms with E-state index < -0.39 is 35.8 Å². The van der Waals surface area contributed by atoms with Crippen molar-refractivity contribution in [3.8, 4) is 66.8 Å². The third-order valence-electron chi connectivity index (χ3n) is 24.0. The second-order valence-electron chi connectivity index (χ2n) is 31.3. The first-order valence-electron chi connectivity index (χ1n) is 42.0. The van der Waals surface area contributed by atoms with Gasteiger partial charge in [0, 0.05) is 52.0 Å². The Morgan fingerprint density at radius 1 is 0.189 bits per heavy atom. The van der Waals surface area contributed by atoms with Gasteiger partial charge in [0.05, 0.1) is 76.0 Å². The summed E-state index contributed by atoms with van der Waals surface area (Å²) in [7, 11) is 7.94. The van der Waals surface area contributed by atoms with Crippen LogP contribution >= 0.6 is 31.9 Å². The molecule has 2 aliphatic rings. The summed E-state index contributed by atoms with van der Waals surface area (Å²) in [6, 6.07) is 108. The minimum absolute atomic E-state index is 0.0465. The molecule has 18 heteroatoms. The minimum Gasteiger partial charge on any atom is -0.465 e. The van der Waals surface area contributed by atoms with E-state index in [4.69, 9.17) is 18.9 Å². The third-order valence-corrected chi connectivity index (χ3v) is 25.3. The molecule has 0 amide bonds. The summed E-state index contributed by atoms with van der Waals surface area (Å²) in [6.07, 6.45) is 2.17. The van der Waals surface area contributed by atoms with Crippen LogP contribution in [0.15, 0.2) is 368 Å². The van der Waals surface area contributed by atoms with Gasteiger partial charge in [-0.25, -0.2) is 28.8 Å². The maximum Gasteiger partial charge on any atom is 0.339 e. The average Bonchev–Trinajstić information content (AvgIpc) is 1.58. The van der Waals surface area contributed by atoms with Gasteiger partial charge in [0.15, 0.2) is 21.7 Å². The van der Waals surface area contributed by atoms with Crippen molar-refractivity contribution < 1.29 is 57.2 Å². The highest BCUT2D eigenvalue weighted by molar-refractivity contribution is 9.11. The van der Waals surface area contributed by atoms with Crippen LogP contribution in [0.4, 0.5) is 0 Å². The third kappa shape index (κ3) is 16.8. The molecular weight excluding hydrogens is 1790 g/mol. The van der Waals surface area contributed by atoms with E-state index in [1.807, 2.05) is 243 Å². The number of ether oxygens (including phenoxy) is 6. The van der Waals surface area contributed by atoms with Crippen LogP contribution in [0.3, 0.4) is 0 Å². The molecule has 16 nitrogen and oxygen atoms in total. The fourth-order valence-corrected chi connectivity index (χ4v) is 18.7. The molecule has 132 heavy (non-hydrogen) atoms. The zero-order chi connectivity index (χ0) is 92.1. The first kappa shape index (κ1) is 88.0. The SMILES string of the molecule is COC(=O)c1cc(-c2ccccc2)c(C(=O)OC)cc1-c1ccccc1.COC(=O)c1cc(-c2ccccc2)c(C(=O)OC)cc1-c1ccccc1.COC(=O)c1cc(Br)c(C(=O)OC)cc1Br.O=c1c2ccccc2c2cc3c(=O)c4ccccc4c3cc12.O=c1c2ccccc2c2cc3c(=O)c4ccccc4c3cc12.c1ccc2c(c1)Cc1cc3c(cc1-2)Cc1ccccc1-3. The van der Waals surface area contributed by atoms with Crippen LogP contribution in [0.25, 0.3) is 153 Å². The maximum absolute atomic E-state index is 12.6. The average molecular weight is 1860 g/mol. The molecule has 644 valence electrons. The topological polar surface area (TPSA) is 226 Å². The number of fused-ring (bicyclic) bond motifs is 18. The fraction of sp³-hybridized carbons (Fsp3) is 0.0702. The van der Waals surface area contributed by atoms with Crippen LogP contribution in [0.1, 0.15) is 84.4 Å². The Labute approximate surface area is 773 Å². The lowest BCUT2D eigenvalue weighted by Crippen LogP contribution is -2.09. The van der Waals surface area contributed by atoms with E-state index in [1.165, 1.54) is 99.3 Å². The molecule has 0 spiro atoms. The van der Waals surface area contributed by atoms with Crippen molar-refractivity contribution in [3.63, 3.8) is 0 Å². The van der Waals surface area contributed by atoms with Gasteiger partial charge in [-0.05, 0) is 250 Å². The number of methoxy groups -OCH3 is 6. The van der Waals surface area contributed by atoms with Crippen LogP contribution in [0.2, 0.25) is 0 Å². The highest BCUT2D eigenvalue weighted by Crippen LogP contribution is 2.46. The van der Waals surface area contributed by atoms with Crippen molar-refractivity contribution in [3.05, 3.63) is 445 Å². The van der Waals surface area contributed by atoms with E-state index in [9.17, 15) is 47.9 Å². The number of benzene rings is 16. The van der Waals surface area contributed by atoms with E-state index in [2.05, 4.69) is 102 Å². The second kappa shape index (κ2) is 38.1. The van der Waals surface area contributed by atoms with Crippen LogP contribution in [-0.2, 0) is 41.3 Å². The van der Waals surface area contributed by atoms with Gasteiger partial charge in [-0.3, -0.25) is 19.2 Å². The Morgan fingerprint density at radius 2 is 0.394 bits per heavy atom. The summed E-state index contributed by atoms with van der Waals surface area (Å²) < 4.78 is 30.0. The van der Waals surface area contributed by atoms with Gasteiger partial charge in [-0.1, -0.05) is 267 Å². The molecule has 20 aromatic rings. The lowest BCUT2D eigenvalue weighted by molar-refractivity contribution is 0.0585. The number of hydrogen-bond donors (Lipinski definition) is 0. The number of carbonyl (C=O) groups is 6. The summed E-state index contributed by atoms with van der Waals surface area (Å²) in [5.41, 5.74) is 19.9. The van der Waals surface area contributed by atoms with Crippen molar-refractivity contribution in [2.24, 2.45) is 0 Å². The van der Waals surface area contributed by atoms with Gasteiger partial charge < -0.3 is 28.4 Å². The van der Waals surface area contributed by atoms with Crippen molar-refractivity contribution >= 4 is 154 Å². The lowest BCUT2D eigenvalue weighted by atomic mass is 9.90. The van der Waals surface area contributed by atoms with E-state index in [1.54, 1.807) is 24.3 Å². The van der Waals surface area contributed by atoms with Crippen molar-refractivity contribution in [1.29, 1.82) is 0 Å². The number of esters is 6. The number of halogens is 2. The van der Waals surface area contributed by atoms with Gasteiger partial charge in [-0.2, -0.15) is 0 Å². The molecule has 0 aromatic heterocycles. The smallest absolute Gasteiger partial charge is 0.339 e. The molecule has 0 radical (unpaired) electrons. The highest BCUT2D eigenvalue weighted by Gasteiger charge is 2.29. The Morgan fingerprint density at radius 3 is 0.629 bits per heavy atom. The van der Waals surface area contributed by atoms with Gasteiger partial charge in [0.25, 0.3) is 0 Å². The van der Waals surface area contributed by atoms with Crippen molar-refractivity contribution in [2.45, 2.75) is 12.8 Å². The zero-order valence-corrected chi connectivity index (χ0v) is 75.2. The van der Waals surface area contributed by atoms with Crippen LogP contribution in [0.5, 0.6) is 0 Å².